The van der Waals surface area contributed by atoms with Crippen molar-refractivity contribution >= 4 is 0 Å². The smallest absolute Gasteiger partial charge is 0.0594 e. The van der Waals surface area contributed by atoms with E-state index in [1.165, 1.54) is 12.8 Å². The Morgan fingerprint density at radius 3 is 2.44 bits per heavy atom. The molecular formula is C13H28N2O. The fourth-order valence-corrected chi connectivity index (χ4v) is 2.53. The highest BCUT2D eigenvalue weighted by molar-refractivity contribution is 4.95. The molecule has 0 aliphatic carbocycles. The maximum atomic E-state index is 6.40. The highest BCUT2D eigenvalue weighted by atomic mass is 16.5. The van der Waals surface area contributed by atoms with Gasteiger partial charge in [-0.25, -0.2) is 0 Å². The lowest BCUT2D eigenvalue weighted by molar-refractivity contribution is -0.0284. The number of ether oxygens (including phenoxy) is 1. The maximum Gasteiger partial charge on any atom is 0.0594 e. The lowest BCUT2D eigenvalue weighted by atomic mass is 9.84. The predicted octanol–water partition coefficient (Wildman–Crippen LogP) is 2.00. The van der Waals surface area contributed by atoms with Crippen molar-refractivity contribution in [1.29, 1.82) is 0 Å². The first kappa shape index (κ1) is 13.9. The van der Waals surface area contributed by atoms with E-state index >= 15 is 0 Å². The lowest BCUT2D eigenvalue weighted by Crippen LogP contribution is -2.60. The third kappa shape index (κ3) is 3.19. The minimum absolute atomic E-state index is 0.152. The molecule has 1 fully saturated rings. The molecule has 2 N–H and O–H groups in total. The number of hydrogen-bond acceptors (Lipinski definition) is 3. The van der Waals surface area contributed by atoms with Crippen molar-refractivity contribution in [1.82, 2.24) is 4.90 Å². The molecule has 0 saturated carbocycles. The van der Waals surface area contributed by atoms with Crippen molar-refractivity contribution in [3.8, 4) is 0 Å². The van der Waals surface area contributed by atoms with Crippen LogP contribution in [0, 0.1) is 0 Å². The number of rotatable bonds is 6. The number of morpholine rings is 1. The van der Waals surface area contributed by atoms with E-state index in [0.29, 0.717) is 0 Å². The Morgan fingerprint density at radius 1 is 1.31 bits per heavy atom. The van der Waals surface area contributed by atoms with Gasteiger partial charge in [0.1, 0.15) is 0 Å². The average molecular weight is 228 g/mol. The van der Waals surface area contributed by atoms with Gasteiger partial charge in [-0.3, -0.25) is 4.90 Å². The summed E-state index contributed by atoms with van der Waals surface area (Å²) in [6, 6.07) is 0.288. The van der Waals surface area contributed by atoms with Crippen LogP contribution in [0.25, 0.3) is 0 Å². The Balaban J connectivity index is 2.58. The molecule has 1 saturated heterocycles. The molecule has 1 aliphatic rings. The van der Waals surface area contributed by atoms with Crippen molar-refractivity contribution in [3.63, 3.8) is 0 Å². The van der Waals surface area contributed by atoms with E-state index in [1.807, 2.05) is 0 Å². The van der Waals surface area contributed by atoms with Crippen molar-refractivity contribution in [2.45, 2.75) is 58.0 Å². The quantitative estimate of drug-likeness (QED) is 0.756. The first-order valence-corrected chi connectivity index (χ1v) is 6.73. The van der Waals surface area contributed by atoms with E-state index in [9.17, 15) is 0 Å². The van der Waals surface area contributed by atoms with Gasteiger partial charge in [0, 0.05) is 24.7 Å². The Labute approximate surface area is 100 Å². The van der Waals surface area contributed by atoms with Crippen molar-refractivity contribution in [2.75, 3.05) is 26.3 Å². The zero-order valence-electron chi connectivity index (χ0n) is 11.2. The minimum Gasteiger partial charge on any atom is -0.379 e. The van der Waals surface area contributed by atoms with Crippen molar-refractivity contribution in [2.24, 2.45) is 5.73 Å². The Bertz CT molecular complexity index is 192. The molecule has 0 aromatic carbocycles. The van der Waals surface area contributed by atoms with Crippen LogP contribution in [0.3, 0.4) is 0 Å². The monoisotopic (exact) mass is 228 g/mol. The van der Waals surface area contributed by atoms with Crippen LogP contribution in [0.1, 0.15) is 46.5 Å². The molecule has 1 rings (SSSR count). The topological polar surface area (TPSA) is 38.5 Å². The molecule has 1 aliphatic heterocycles. The molecule has 2 atom stereocenters. The van der Waals surface area contributed by atoms with Gasteiger partial charge in [0.15, 0.2) is 0 Å². The Hall–Kier alpha value is -0.120. The molecule has 0 amide bonds. The molecule has 96 valence electrons. The molecule has 0 radical (unpaired) electrons. The summed E-state index contributed by atoms with van der Waals surface area (Å²) >= 11 is 0. The molecule has 0 aromatic heterocycles. The second-order valence-electron chi connectivity index (χ2n) is 5.06. The van der Waals surface area contributed by atoms with Crippen LogP contribution in [0.2, 0.25) is 0 Å². The van der Waals surface area contributed by atoms with Gasteiger partial charge in [0.2, 0.25) is 0 Å². The third-order valence-electron chi connectivity index (χ3n) is 4.12. The number of unbranched alkanes of at least 4 members (excludes halogenated alkanes) is 1. The van der Waals surface area contributed by atoms with Crippen LogP contribution in [0.5, 0.6) is 0 Å². The standard InChI is InChI=1S/C13H28N2O/c1-4-6-7-12(14)13(3,5-2)15-8-10-16-11-9-15/h12H,4-11,14H2,1-3H3. The van der Waals surface area contributed by atoms with E-state index < -0.39 is 0 Å². The summed E-state index contributed by atoms with van der Waals surface area (Å²) in [6.07, 6.45) is 4.73. The summed E-state index contributed by atoms with van der Waals surface area (Å²) in [5.74, 6) is 0. The van der Waals surface area contributed by atoms with Crippen LogP contribution in [0.4, 0.5) is 0 Å². The zero-order chi connectivity index (χ0) is 12.0. The molecular weight excluding hydrogens is 200 g/mol. The second kappa shape index (κ2) is 6.58. The van der Waals surface area contributed by atoms with E-state index in [4.69, 9.17) is 10.5 Å². The van der Waals surface area contributed by atoms with E-state index in [-0.39, 0.29) is 11.6 Å². The molecule has 1 heterocycles. The Morgan fingerprint density at radius 2 is 1.94 bits per heavy atom. The fraction of sp³-hybridized carbons (Fsp3) is 1.00. The highest BCUT2D eigenvalue weighted by Crippen LogP contribution is 2.26. The van der Waals surface area contributed by atoms with Crippen molar-refractivity contribution < 1.29 is 4.74 Å². The normalized spacial score (nSPS) is 24.0. The summed E-state index contributed by atoms with van der Waals surface area (Å²) in [7, 11) is 0. The fourth-order valence-electron chi connectivity index (χ4n) is 2.53. The second-order valence-corrected chi connectivity index (χ2v) is 5.06. The molecule has 0 bridgehead atoms. The summed E-state index contributed by atoms with van der Waals surface area (Å²) in [5.41, 5.74) is 6.55. The minimum atomic E-state index is 0.152. The van der Waals surface area contributed by atoms with E-state index in [0.717, 1.165) is 39.1 Å². The Kier molecular flexibility index (Phi) is 5.73. The van der Waals surface area contributed by atoms with Crippen LogP contribution in [-0.4, -0.2) is 42.8 Å². The molecule has 16 heavy (non-hydrogen) atoms. The average Bonchev–Trinajstić information content (AvgIpc) is 2.35. The van der Waals surface area contributed by atoms with Gasteiger partial charge < -0.3 is 10.5 Å². The van der Waals surface area contributed by atoms with Gasteiger partial charge in [0.25, 0.3) is 0 Å². The zero-order valence-corrected chi connectivity index (χ0v) is 11.2. The van der Waals surface area contributed by atoms with Gasteiger partial charge in [-0.15, -0.1) is 0 Å². The summed E-state index contributed by atoms with van der Waals surface area (Å²) in [5, 5.41) is 0. The van der Waals surface area contributed by atoms with Crippen LogP contribution in [-0.2, 0) is 4.74 Å². The van der Waals surface area contributed by atoms with Crippen molar-refractivity contribution in [3.05, 3.63) is 0 Å². The first-order valence-electron chi connectivity index (χ1n) is 6.73. The van der Waals surface area contributed by atoms with Gasteiger partial charge in [-0.1, -0.05) is 26.7 Å². The number of nitrogens with zero attached hydrogens (tertiary/aromatic N) is 1. The molecule has 3 nitrogen and oxygen atoms in total. The van der Waals surface area contributed by atoms with Crippen LogP contribution < -0.4 is 5.73 Å². The van der Waals surface area contributed by atoms with E-state index in [2.05, 4.69) is 25.7 Å². The SMILES string of the molecule is CCCCC(N)C(C)(CC)N1CCOCC1. The van der Waals surface area contributed by atoms with Gasteiger partial charge in [-0.2, -0.15) is 0 Å². The van der Waals surface area contributed by atoms with Gasteiger partial charge in [-0.05, 0) is 19.8 Å². The lowest BCUT2D eigenvalue weighted by Gasteiger charge is -2.46. The molecule has 2 unspecified atom stereocenters. The molecule has 3 heteroatoms. The van der Waals surface area contributed by atoms with Crippen LogP contribution in [0.15, 0.2) is 0 Å². The predicted molar refractivity (Wildman–Crippen MR) is 68.6 cm³/mol. The summed E-state index contributed by atoms with van der Waals surface area (Å²) < 4.78 is 5.42. The summed E-state index contributed by atoms with van der Waals surface area (Å²) in [4.78, 5) is 2.52. The van der Waals surface area contributed by atoms with Gasteiger partial charge >= 0.3 is 0 Å². The van der Waals surface area contributed by atoms with E-state index in [1.54, 1.807) is 0 Å². The summed E-state index contributed by atoms with van der Waals surface area (Å²) in [6.45, 7) is 10.6. The number of nitrogens with two attached hydrogens (primary N) is 1. The van der Waals surface area contributed by atoms with Gasteiger partial charge in [0.05, 0.1) is 13.2 Å². The highest BCUT2D eigenvalue weighted by Gasteiger charge is 2.36. The first-order chi connectivity index (χ1) is 7.65. The molecule has 0 spiro atoms. The number of hydrogen-bond donors (Lipinski definition) is 1. The largest absolute Gasteiger partial charge is 0.379 e. The van der Waals surface area contributed by atoms with Crippen LogP contribution >= 0.6 is 0 Å². The third-order valence-corrected chi connectivity index (χ3v) is 4.12. The maximum absolute atomic E-state index is 6.40. The molecule has 0 aromatic rings.